The highest BCUT2D eigenvalue weighted by molar-refractivity contribution is 7.13. The number of anilines is 3. The number of hydrogen-bond donors (Lipinski definition) is 3. The molecule has 1 atom stereocenters. The number of amides is 2. The lowest BCUT2D eigenvalue weighted by atomic mass is 9.98. The molecule has 0 aliphatic carbocycles. The van der Waals surface area contributed by atoms with E-state index in [1.165, 1.54) is 17.8 Å². The van der Waals surface area contributed by atoms with Crippen molar-refractivity contribution in [2.45, 2.75) is 26.7 Å². The van der Waals surface area contributed by atoms with Gasteiger partial charge in [-0.1, -0.05) is 6.92 Å². The standard InChI is InChI=1S/C19H25N5O2S/c1-12-4-3-7-24(10-12)16-6-5-14(8-15(16)18(20)26)21-9-17(25)23-19-22-13(2)11-27-19/h5-6,8,11-12,21H,3-4,7,9-10H2,1-2H3,(H2,20,26)(H,22,23,25). The van der Waals surface area contributed by atoms with Gasteiger partial charge in [0.1, 0.15) is 0 Å². The molecule has 1 unspecified atom stereocenters. The number of carbonyl (C=O) groups is 2. The topological polar surface area (TPSA) is 100 Å². The summed E-state index contributed by atoms with van der Waals surface area (Å²) in [7, 11) is 0. The molecule has 27 heavy (non-hydrogen) atoms. The molecule has 2 amide bonds. The van der Waals surface area contributed by atoms with E-state index in [4.69, 9.17) is 5.73 Å². The highest BCUT2D eigenvalue weighted by Crippen LogP contribution is 2.28. The summed E-state index contributed by atoms with van der Waals surface area (Å²) >= 11 is 1.39. The van der Waals surface area contributed by atoms with Gasteiger partial charge in [0, 0.05) is 29.8 Å². The zero-order chi connectivity index (χ0) is 19.4. The summed E-state index contributed by atoms with van der Waals surface area (Å²) in [6, 6.07) is 5.50. The van der Waals surface area contributed by atoms with E-state index in [9.17, 15) is 9.59 Å². The molecule has 1 saturated heterocycles. The fraction of sp³-hybridized carbons (Fsp3) is 0.421. The average molecular weight is 388 g/mol. The molecule has 1 aliphatic heterocycles. The summed E-state index contributed by atoms with van der Waals surface area (Å²) in [6.07, 6.45) is 2.31. The van der Waals surface area contributed by atoms with Crippen LogP contribution in [0.1, 0.15) is 35.8 Å². The van der Waals surface area contributed by atoms with Crippen molar-refractivity contribution in [3.8, 4) is 0 Å². The third-order valence-corrected chi connectivity index (χ3v) is 5.45. The van der Waals surface area contributed by atoms with E-state index in [0.717, 1.165) is 30.9 Å². The number of thiazole rings is 1. The van der Waals surface area contributed by atoms with Gasteiger partial charge in [0.25, 0.3) is 5.91 Å². The summed E-state index contributed by atoms with van der Waals surface area (Å²) in [4.78, 5) is 30.4. The van der Waals surface area contributed by atoms with E-state index in [0.29, 0.717) is 22.3 Å². The molecule has 1 fully saturated rings. The van der Waals surface area contributed by atoms with Gasteiger partial charge in [-0.05, 0) is 43.9 Å². The Morgan fingerprint density at radius 1 is 1.41 bits per heavy atom. The zero-order valence-electron chi connectivity index (χ0n) is 15.6. The van der Waals surface area contributed by atoms with Gasteiger partial charge in [-0.25, -0.2) is 4.98 Å². The first-order valence-electron chi connectivity index (χ1n) is 9.07. The summed E-state index contributed by atoms with van der Waals surface area (Å²) in [5, 5.41) is 8.24. The van der Waals surface area contributed by atoms with Crippen LogP contribution in [0, 0.1) is 12.8 Å². The highest BCUT2D eigenvalue weighted by atomic mass is 32.1. The van der Waals surface area contributed by atoms with Crippen molar-refractivity contribution in [2.24, 2.45) is 11.7 Å². The summed E-state index contributed by atoms with van der Waals surface area (Å²) in [5.41, 5.74) is 8.50. The second-order valence-corrected chi connectivity index (χ2v) is 7.84. The second-order valence-electron chi connectivity index (χ2n) is 6.99. The van der Waals surface area contributed by atoms with Gasteiger partial charge in [0.05, 0.1) is 17.8 Å². The van der Waals surface area contributed by atoms with E-state index in [-0.39, 0.29) is 12.5 Å². The van der Waals surface area contributed by atoms with Gasteiger partial charge in [-0.2, -0.15) is 0 Å². The number of primary amides is 1. The SMILES string of the molecule is Cc1csc(NC(=O)CNc2ccc(N3CCCC(C)C3)c(C(N)=O)c2)n1. The summed E-state index contributed by atoms with van der Waals surface area (Å²) < 4.78 is 0. The molecular formula is C19H25N5O2S. The Bertz CT molecular complexity index is 835. The Labute approximate surface area is 163 Å². The lowest BCUT2D eigenvalue weighted by molar-refractivity contribution is -0.114. The first-order chi connectivity index (χ1) is 12.9. The van der Waals surface area contributed by atoms with Crippen molar-refractivity contribution in [1.29, 1.82) is 0 Å². The molecule has 8 heteroatoms. The van der Waals surface area contributed by atoms with Gasteiger partial charge in [0.15, 0.2) is 5.13 Å². The van der Waals surface area contributed by atoms with E-state index in [1.807, 2.05) is 24.4 Å². The number of carbonyl (C=O) groups excluding carboxylic acids is 2. The molecule has 144 valence electrons. The molecule has 0 saturated carbocycles. The molecule has 1 aromatic heterocycles. The Balaban J connectivity index is 1.66. The molecule has 4 N–H and O–H groups in total. The molecule has 2 aromatic rings. The molecule has 3 rings (SSSR count). The van der Waals surface area contributed by atoms with E-state index in [2.05, 4.69) is 27.4 Å². The van der Waals surface area contributed by atoms with Crippen LogP contribution in [-0.2, 0) is 4.79 Å². The van der Waals surface area contributed by atoms with Gasteiger partial charge in [-0.3, -0.25) is 9.59 Å². The van der Waals surface area contributed by atoms with Crippen molar-refractivity contribution in [2.75, 3.05) is 35.2 Å². The third-order valence-electron chi connectivity index (χ3n) is 4.58. The lowest BCUT2D eigenvalue weighted by Gasteiger charge is -2.34. The van der Waals surface area contributed by atoms with Crippen LogP contribution in [0.25, 0.3) is 0 Å². The van der Waals surface area contributed by atoms with E-state index in [1.54, 1.807) is 6.07 Å². The molecule has 1 aliphatic rings. The van der Waals surface area contributed by atoms with E-state index >= 15 is 0 Å². The Kier molecular flexibility index (Phi) is 5.95. The number of nitrogens with one attached hydrogen (secondary N) is 2. The van der Waals surface area contributed by atoms with E-state index < -0.39 is 5.91 Å². The van der Waals surface area contributed by atoms with Crippen molar-refractivity contribution < 1.29 is 9.59 Å². The van der Waals surface area contributed by atoms with Crippen LogP contribution in [0.4, 0.5) is 16.5 Å². The zero-order valence-corrected chi connectivity index (χ0v) is 16.4. The van der Waals surface area contributed by atoms with Crippen LogP contribution in [0.5, 0.6) is 0 Å². The van der Waals surface area contributed by atoms with Crippen LogP contribution in [0.15, 0.2) is 23.6 Å². The van der Waals surface area contributed by atoms with Crippen molar-refractivity contribution in [1.82, 2.24) is 4.98 Å². The maximum absolute atomic E-state index is 12.1. The maximum atomic E-state index is 12.1. The van der Waals surface area contributed by atoms with Crippen LogP contribution < -0.4 is 21.3 Å². The smallest absolute Gasteiger partial charge is 0.250 e. The predicted octanol–water partition coefficient (Wildman–Crippen LogP) is 2.84. The Hall–Kier alpha value is -2.61. The van der Waals surface area contributed by atoms with Gasteiger partial charge in [-0.15, -0.1) is 11.3 Å². The first kappa shape index (κ1) is 19.2. The number of aromatic nitrogens is 1. The summed E-state index contributed by atoms with van der Waals surface area (Å²) in [6.45, 7) is 6.02. The van der Waals surface area contributed by atoms with Crippen LogP contribution in [0.3, 0.4) is 0 Å². The number of benzene rings is 1. The number of hydrogen-bond acceptors (Lipinski definition) is 6. The minimum absolute atomic E-state index is 0.0803. The predicted molar refractivity (Wildman–Crippen MR) is 110 cm³/mol. The highest BCUT2D eigenvalue weighted by Gasteiger charge is 2.21. The quantitative estimate of drug-likeness (QED) is 0.708. The van der Waals surface area contributed by atoms with Gasteiger partial charge in [0.2, 0.25) is 5.91 Å². The minimum Gasteiger partial charge on any atom is -0.376 e. The Morgan fingerprint density at radius 2 is 2.22 bits per heavy atom. The Morgan fingerprint density at radius 3 is 2.89 bits per heavy atom. The number of piperidine rings is 1. The fourth-order valence-corrected chi connectivity index (χ4v) is 3.99. The fourth-order valence-electron chi connectivity index (χ4n) is 3.28. The normalized spacial score (nSPS) is 16.8. The maximum Gasteiger partial charge on any atom is 0.250 e. The third kappa shape index (κ3) is 4.97. The van der Waals surface area contributed by atoms with Gasteiger partial charge < -0.3 is 21.3 Å². The molecule has 0 bridgehead atoms. The number of aryl methyl sites for hydroxylation is 1. The molecular weight excluding hydrogens is 362 g/mol. The molecule has 0 radical (unpaired) electrons. The molecule has 0 spiro atoms. The van der Waals surface area contributed by atoms with Crippen molar-refractivity contribution in [3.63, 3.8) is 0 Å². The van der Waals surface area contributed by atoms with Crippen LogP contribution >= 0.6 is 11.3 Å². The molecule has 7 nitrogen and oxygen atoms in total. The van der Waals surface area contributed by atoms with Crippen molar-refractivity contribution >= 4 is 39.7 Å². The number of rotatable bonds is 6. The largest absolute Gasteiger partial charge is 0.376 e. The second kappa shape index (κ2) is 8.39. The first-order valence-corrected chi connectivity index (χ1v) is 9.95. The van der Waals surface area contributed by atoms with Crippen LogP contribution in [-0.4, -0.2) is 36.4 Å². The monoisotopic (exact) mass is 387 g/mol. The van der Waals surface area contributed by atoms with Gasteiger partial charge >= 0.3 is 0 Å². The molecule has 1 aromatic carbocycles. The number of nitrogens with two attached hydrogens (primary N) is 1. The average Bonchev–Trinajstić information content (AvgIpc) is 3.04. The molecule has 2 heterocycles. The van der Waals surface area contributed by atoms with Crippen molar-refractivity contribution in [3.05, 3.63) is 34.8 Å². The summed E-state index contributed by atoms with van der Waals surface area (Å²) in [5.74, 6) is -0.0658. The number of nitrogens with zero attached hydrogens (tertiary/aromatic N) is 2. The lowest BCUT2D eigenvalue weighted by Crippen LogP contribution is -2.35. The van der Waals surface area contributed by atoms with Crippen LogP contribution in [0.2, 0.25) is 0 Å². The minimum atomic E-state index is -0.463.